The smallest absolute Gasteiger partial charge is 0.223 e. The van der Waals surface area contributed by atoms with E-state index in [2.05, 4.69) is 27.9 Å². The Bertz CT molecular complexity index is 269. The maximum absolute atomic E-state index is 12.1. The zero-order valence-electron chi connectivity index (χ0n) is 11.3. The van der Waals surface area contributed by atoms with Crippen LogP contribution in [0.3, 0.4) is 0 Å². The van der Waals surface area contributed by atoms with Crippen molar-refractivity contribution in [2.24, 2.45) is 17.8 Å². The fraction of sp³-hybridized carbons (Fsp3) is 0.933. The average molecular weight is 363 g/mol. The summed E-state index contributed by atoms with van der Waals surface area (Å²) in [6.07, 6.45) is 11.6. The second-order valence-corrected chi connectivity index (χ2v) is 7.08. The van der Waals surface area contributed by atoms with Gasteiger partial charge in [-0.2, -0.15) is 0 Å². The van der Waals surface area contributed by atoms with E-state index < -0.39 is 0 Å². The summed E-state index contributed by atoms with van der Waals surface area (Å²) >= 11 is 2.40. The summed E-state index contributed by atoms with van der Waals surface area (Å²) in [5, 5.41) is 3.14. The molecular weight excluding hydrogens is 337 g/mol. The molecule has 3 heteroatoms. The van der Waals surface area contributed by atoms with Crippen LogP contribution >= 0.6 is 22.6 Å². The second-order valence-electron chi connectivity index (χ2n) is 6.00. The number of fused-ring (bicyclic) bond motifs is 1. The van der Waals surface area contributed by atoms with Crippen molar-refractivity contribution >= 4 is 28.5 Å². The molecule has 18 heavy (non-hydrogen) atoms. The van der Waals surface area contributed by atoms with Gasteiger partial charge in [-0.3, -0.25) is 4.79 Å². The second kappa shape index (κ2) is 7.71. The minimum Gasteiger partial charge on any atom is -0.356 e. The molecule has 104 valence electrons. The molecule has 0 saturated heterocycles. The summed E-state index contributed by atoms with van der Waals surface area (Å²) in [4.78, 5) is 12.1. The molecule has 2 saturated carbocycles. The standard InChI is InChI=1S/C15H26INO/c16-9-3-4-10-17-15(18)14-8-7-12-5-1-2-6-13(12)11-14/h12-14H,1-11H2,(H,17,18). The highest BCUT2D eigenvalue weighted by Crippen LogP contribution is 2.42. The highest BCUT2D eigenvalue weighted by atomic mass is 127. The van der Waals surface area contributed by atoms with E-state index in [1.165, 1.54) is 49.4 Å². The predicted molar refractivity (Wildman–Crippen MR) is 83.9 cm³/mol. The van der Waals surface area contributed by atoms with Crippen molar-refractivity contribution in [2.75, 3.05) is 11.0 Å². The fourth-order valence-corrected chi connectivity index (χ4v) is 4.23. The number of unbranched alkanes of at least 4 members (excludes halogenated alkanes) is 1. The van der Waals surface area contributed by atoms with Crippen LogP contribution in [0.15, 0.2) is 0 Å². The fourth-order valence-electron chi connectivity index (χ4n) is 3.69. The Morgan fingerprint density at radius 1 is 1.06 bits per heavy atom. The lowest BCUT2D eigenvalue weighted by Gasteiger charge is -2.38. The van der Waals surface area contributed by atoms with Gasteiger partial charge in [0.15, 0.2) is 0 Å². The van der Waals surface area contributed by atoms with Gasteiger partial charge in [0.2, 0.25) is 5.91 Å². The zero-order chi connectivity index (χ0) is 12.8. The topological polar surface area (TPSA) is 29.1 Å². The molecule has 0 heterocycles. The average Bonchev–Trinajstić information content (AvgIpc) is 2.43. The molecule has 2 aliphatic rings. The van der Waals surface area contributed by atoms with Crippen LogP contribution in [-0.2, 0) is 4.79 Å². The molecule has 0 spiro atoms. The van der Waals surface area contributed by atoms with Crippen molar-refractivity contribution in [1.82, 2.24) is 5.32 Å². The minimum atomic E-state index is 0.323. The molecule has 2 rings (SSSR count). The van der Waals surface area contributed by atoms with Crippen LogP contribution in [-0.4, -0.2) is 16.9 Å². The monoisotopic (exact) mass is 363 g/mol. The van der Waals surface area contributed by atoms with Gasteiger partial charge >= 0.3 is 0 Å². The van der Waals surface area contributed by atoms with Crippen LogP contribution in [0.4, 0.5) is 0 Å². The normalized spacial score (nSPS) is 31.7. The highest BCUT2D eigenvalue weighted by molar-refractivity contribution is 14.1. The van der Waals surface area contributed by atoms with E-state index in [1.807, 2.05) is 0 Å². The Kier molecular flexibility index (Phi) is 6.25. The van der Waals surface area contributed by atoms with Gasteiger partial charge in [-0.05, 0) is 48.4 Å². The van der Waals surface area contributed by atoms with Crippen molar-refractivity contribution in [3.8, 4) is 0 Å². The number of halogens is 1. The summed E-state index contributed by atoms with van der Waals surface area (Å²) in [5.74, 6) is 2.47. The molecule has 1 N–H and O–H groups in total. The lowest BCUT2D eigenvalue weighted by molar-refractivity contribution is -0.127. The Labute approximate surface area is 125 Å². The van der Waals surface area contributed by atoms with Gasteiger partial charge in [0.05, 0.1) is 0 Å². The zero-order valence-corrected chi connectivity index (χ0v) is 13.5. The maximum Gasteiger partial charge on any atom is 0.223 e. The molecule has 2 fully saturated rings. The van der Waals surface area contributed by atoms with E-state index in [1.54, 1.807) is 0 Å². The van der Waals surface area contributed by atoms with E-state index in [0.29, 0.717) is 11.8 Å². The highest BCUT2D eigenvalue weighted by Gasteiger charge is 2.34. The van der Waals surface area contributed by atoms with E-state index in [0.717, 1.165) is 31.2 Å². The third-order valence-electron chi connectivity index (χ3n) is 4.77. The summed E-state index contributed by atoms with van der Waals surface area (Å²) in [7, 11) is 0. The van der Waals surface area contributed by atoms with Gasteiger partial charge in [-0.15, -0.1) is 0 Å². The van der Waals surface area contributed by atoms with Crippen LogP contribution in [0.25, 0.3) is 0 Å². The van der Waals surface area contributed by atoms with Gasteiger partial charge in [-0.25, -0.2) is 0 Å². The van der Waals surface area contributed by atoms with Crippen molar-refractivity contribution in [1.29, 1.82) is 0 Å². The first-order valence-electron chi connectivity index (χ1n) is 7.65. The molecule has 3 unspecified atom stereocenters. The van der Waals surface area contributed by atoms with Gasteiger partial charge in [0.25, 0.3) is 0 Å². The van der Waals surface area contributed by atoms with E-state index in [-0.39, 0.29) is 0 Å². The largest absolute Gasteiger partial charge is 0.356 e. The Morgan fingerprint density at radius 3 is 2.61 bits per heavy atom. The maximum atomic E-state index is 12.1. The molecule has 3 atom stereocenters. The number of hydrogen-bond donors (Lipinski definition) is 1. The number of carbonyl (C=O) groups is 1. The first-order valence-corrected chi connectivity index (χ1v) is 9.17. The summed E-state index contributed by atoms with van der Waals surface area (Å²) in [6.45, 7) is 0.881. The van der Waals surface area contributed by atoms with Gasteiger partial charge in [0, 0.05) is 12.5 Å². The molecule has 0 radical (unpaired) electrons. The molecule has 0 aromatic heterocycles. The van der Waals surface area contributed by atoms with Gasteiger partial charge in [0.1, 0.15) is 0 Å². The molecule has 2 aliphatic carbocycles. The Morgan fingerprint density at radius 2 is 1.83 bits per heavy atom. The minimum absolute atomic E-state index is 0.323. The van der Waals surface area contributed by atoms with Crippen LogP contribution < -0.4 is 5.32 Å². The molecule has 0 aliphatic heterocycles. The summed E-state index contributed by atoms with van der Waals surface area (Å²) in [6, 6.07) is 0. The summed E-state index contributed by atoms with van der Waals surface area (Å²) in [5.41, 5.74) is 0. The lowest BCUT2D eigenvalue weighted by atomic mass is 9.67. The van der Waals surface area contributed by atoms with Crippen LogP contribution in [0, 0.1) is 17.8 Å². The molecule has 0 bridgehead atoms. The molecule has 0 aromatic rings. The quantitative estimate of drug-likeness (QED) is 0.448. The number of hydrogen-bond acceptors (Lipinski definition) is 1. The van der Waals surface area contributed by atoms with Crippen molar-refractivity contribution in [3.05, 3.63) is 0 Å². The van der Waals surface area contributed by atoms with E-state index in [4.69, 9.17) is 0 Å². The number of amides is 1. The van der Waals surface area contributed by atoms with Gasteiger partial charge < -0.3 is 5.32 Å². The van der Waals surface area contributed by atoms with Crippen LogP contribution in [0.2, 0.25) is 0 Å². The first-order chi connectivity index (χ1) is 8.81. The number of nitrogens with one attached hydrogen (secondary N) is 1. The van der Waals surface area contributed by atoms with Crippen molar-refractivity contribution in [2.45, 2.75) is 57.8 Å². The van der Waals surface area contributed by atoms with Crippen molar-refractivity contribution < 1.29 is 4.79 Å². The summed E-state index contributed by atoms with van der Waals surface area (Å²) < 4.78 is 1.20. The molecular formula is C15H26INO. The predicted octanol–water partition coefficient (Wildman–Crippen LogP) is 3.92. The third kappa shape index (κ3) is 4.10. The molecule has 2 nitrogen and oxygen atoms in total. The van der Waals surface area contributed by atoms with Crippen LogP contribution in [0.5, 0.6) is 0 Å². The SMILES string of the molecule is O=C(NCCCCI)C1CCC2CCCCC2C1. The van der Waals surface area contributed by atoms with E-state index >= 15 is 0 Å². The van der Waals surface area contributed by atoms with Gasteiger partial charge in [-0.1, -0.05) is 48.3 Å². The molecule has 1 amide bonds. The number of rotatable bonds is 5. The lowest BCUT2D eigenvalue weighted by Crippen LogP contribution is -2.37. The Hall–Kier alpha value is 0.200. The number of alkyl halides is 1. The van der Waals surface area contributed by atoms with Crippen LogP contribution in [0.1, 0.15) is 57.8 Å². The Balaban J connectivity index is 1.71. The molecule has 0 aromatic carbocycles. The third-order valence-corrected chi connectivity index (χ3v) is 5.53. The number of carbonyl (C=O) groups excluding carboxylic acids is 1. The first kappa shape index (κ1) is 14.6. The van der Waals surface area contributed by atoms with Crippen molar-refractivity contribution in [3.63, 3.8) is 0 Å². The van der Waals surface area contributed by atoms with E-state index in [9.17, 15) is 4.79 Å².